The van der Waals surface area contributed by atoms with Crippen LogP contribution in [0.15, 0.2) is 91.3 Å². The van der Waals surface area contributed by atoms with E-state index >= 15 is 0 Å². The van der Waals surface area contributed by atoms with Crippen LogP contribution in [-0.4, -0.2) is 22.4 Å². The molecule has 1 N–H and O–H groups in total. The molecular weight excluding hydrogens is 442 g/mol. The first-order valence-electron chi connectivity index (χ1n) is 12.5. The number of carbonyl (C=O) groups is 1. The Balaban J connectivity index is 1.12. The summed E-state index contributed by atoms with van der Waals surface area (Å²) in [4.78, 5) is 21.5. The predicted molar refractivity (Wildman–Crippen MR) is 148 cm³/mol. The van der Waals surface area contributed by atoms with Crippen LogP contribution in [0, 0.1) is 6.92 Å². The molecule has 6 aromatic rings. The summed E-state index contributed by atoms with van der Waals surface area (Å²) in [5.74, 6) is -0.0754. The smallest absolute Gasteiger partial charge is 0.251 e. The first kappa shape index (κ1) is 22.2. The molecule has 36 heavy (non-hydrogen) atoms. The number of aryl methyl sites for hydroxylation is 2. The van der Waals surface area contributed by atoms with Crippen LogP contribution in [0.4, 0.5) is 0 Å². The highest BCUT2D eigenvalue weighted by Crippen LogP contribution is 2.36. The molecule has 2 aromatic heterocycles. The van der Waals surface area contributed by atoms with Gasteiger partial charge >= 0.3 is 0 Å². The maximum Gasteiger partial charge on any atom is 0.251 e. The molecule has 0 aliphatic rings. The predicted octanol–water partition coefficient (Wildman–Crippen LogP) is 7.10. The van der Waals surface area contributed by atoms with E-state index in [1.165, 1.54) is 37.9 Å². The minimum Gasteiger partial charge on any atom is -0.352 e. The molecule has 1 amide bonds. The third-order valence-corrected chi connectivity index (χ3v) is 6.95. The number of hydrogen-bond donors (Lipinski definition) is 1. The minimum atomic E-state index is -0.0754. The lowest BCUT2D eigenvalue weighted by Gasteiger charge is -2.14. The van der Waals surface area contributed by atoms with Crippen molar-refractivity contribution in [2.24, 2.45) is 0 Å². The number of nitrogens with zero attached hydrogens (tertiary/aromatic N) is 2. The molecular formula is C32H27N3O. The Morgan fingerprint density at radius 1 is 0.750 bits per heavy atom. The van der Waals surface area contributed by atoms with Gasteiger partial charge < -0.3 is 5.32 Å². The van der Waals surface area contributed by atoms with E-state index in [-0.39, 0.29) is 5.91 Å². The fourth-order valence-electron chi connectivity index (χ4n) is 5.18. The molecule has 0 atom stereocenters. The van der Waals surface area contributed by atoms with Crippen molar-refractivity contribution in [1.29, 1.82) is 0 Å². The second-order valence-electron chi connectivity index (χ2n) is 9.45. The van der Waals surface area contributed by atoms with Gasteiger partial charge in [-0.3, -0.25) is 14.8 Å². The van der Waals surface area contributed by atoms with Gasteiger partial charge in [0, 0.05) is 24.5 Å². The van der Waals surface area contributed by atoms with Gasteiger partial charge in [-0.15, -0.1) is 0 Å². The third kappa shape index (κ3) is 4.16. The molecule has 0 bridgehead atoms. The highest BCUT2D eigenvalue weighted by Gasteiger charge is 2.12. The van der Waals surface area contributed by atoms with E-state index in [0.717, 1.165) is 30.5 Å². The molecule has 4 heteroatoms. The zero-order valence-corrected chi connectivity index (χ0v) is 20.3. The molecule has 2 heterocycles. The number of rotatable bonds is 7. The fraction of sp³-hybridized carbons (Fsp3) is 0.156. The van der Waals surface area contributed by atoms with E-state index in [0.29, 0.717) is 17.8 Å². The van der Waals surface area contributed by atoms with Crippen LogP contribution in [0.1, 0.15) is 34.3 Å². The molecule has 0 aliphatic heterocycles. The highest BCUT2D eigenvalue weighted by atomic mass is 16.1. The largest absolute Gasteiger partial charge is 0.352 e. The second kappa shape index (κ2) is 9.38. The summed E-state index contributed by atoms with van der Waals surface area (Å²) in [6, 6.07) is 27.4. The van der Waals surface area contributed by atoms with E-state index in [2.05, 4.69) is 69.9 Å². The van der Waals surface area contributed by atoms with Gasteiger partial charge in [0.05, 0.1) is 11.4 Å². The Morgan fingerprint density at radius 3 is 2.31 bits per heavy atom. The highest BCUT2D eigenvalue weighted by molar-refractivity contribution is 6.23. The normalized spacial score (nSPS) is 11.5. The maximum atomic E-state index is 12.8. The number of nitrogens with one attached hydrogen (secondary N) is 1. The van der Waals surface area contributed by atoms with Gasteiger partial charge in [-0.1, -0.05) is 54.6 Å². The zero-order chi connectivity index (χ0) is 24.5. The standard InChI is InChI=1S/C32H27N3O/c1-21-13-16-33-28(18-21)29-20-26(14-17-34-29)32(36)35-15-3-2-6-24-19-25-9-4-7-22-11-12-23-8-5-10-27(24)31(23)30(22)25/h4-5,7-14,16-20H,2-3,6,15H2,1H3,(H,35,36). The third-order valence-electron chi connectivity index (χ3n) is 6.95. The molecule has 0 radical (unpaired) electrons. The molecule has 0 unspecified atom stereocenters. The van der Waals surface area contributed by atoms with Crippen LogP contribution in [0.3, 0.4) is 0 Å². The van der Waals surface area contributed by atoms with E-state index in [1.54, 1.807) is 18.5 Å². The van der Waals surface area contributed by atoms with Crippen molar-refractivity contribution < 1.29 is 4.79 Å². The van der Waals surface area contributed by atoms with Crippen LogP contribution >= 0.6 is 0 Å². The Labute approximate surface area is 210 Å². The zero-order valence-electron chi connectivity index (χ0n) is 20.3. The molecule has 176 valence electrons. The van der Waals surface area contributed by atoms with Crippen molar-refractivity contribution in [3.05, 3.63) is 108 Å². The number of unbranched alkanes of at least 4 members (excludes halogenated alkanes) is 1. The van der Waals surface area contributed by atoms with Gasteiger partial charge in [0.25, 0.3) is 5.91 Å². The van der Waals surface area contributed by atoms with Crippen molar-refractivity contribution in [1.82, 2.24) is 15.3 Å². The van der Waals surface area contributed by atoms with Gasteiger partial charge in [0.15, 0.2) is 0 Å². The Bertz CT molecular complexity index is 1710. The summed E-state index contributed by atoms with van der Waals surface area (Å²) in [6.45, 7) is 2.66. The van der Waals surface area contributed by atoms with Gasteiger partial charge in [-0.25, -0.2) is 0 Å². The van der Waals surface area contributed by atoms with Crippen molar-refractivity contribution >= 4 is 38.2 Å². The lowest BCUT2D eigenvalue weighted by Crippen LogP contribution is -2.24. The Morgan fingerprint density at radius 2 is 1.47 bits per heavy atom. The molecule has 4 nitrogen and oxygen atoms in total. The summed E-state index contributed by atoms with van der Waals surface area (Å²) >= 11 is 0. The van der Waals surface area contributed by atoms with Crippen molar-refractivity contribution in [2.45, 2.75) is 26.2 Å². The van der Waals surface area contributed by atoms with Crippen LogP contribution in [0.2, 0.25) is 0 Å². The molecule has 0 spiro atoms. The molecule has 6 rings (SSSR count). The van der Waals surface area contributed by atoms with E-state index in [4.69, 9.17) is 0 Å². The molecule has 0 aliphatic carbocycles. The van der Waals surface area contributed by atoms with Crippen LogP contribution in [0.5, 0.6) is 0 Å². The van der Waals surface area contributed by atoms with Gasteiger partial charge in [-0.2, -0.15) is 0 Å². The summed E-state index contributed by atoms with van der Waals surface area (Å²) in [5, 5.41) is 11.0. The van der Waals surface area contributed by atoms with Crippen LogP contribution < -0.4 is 5.32 Å². The lowest BCUT2D eigenvalue weighted by molar-refractivity contribution is 0.0953. The van der Waals surface area contributed by atoms with E-state index in [1.807, 2.05) is 25.1 Å². The molecule has 4 aromatic carbocycles. The Kier molecular flexibility index (Phi) is 5.78. The fourth-order valence-corrected chi connectivity index (χ4v) is 5.18. The number of amides is 1. The van der Waals surface area contributed by atoms with Crippen molar-refractivity contribution in [3.63, 3.8) is 0 Å². The van der Waals surface area contributed by atoms with Crippen LogP contribution in [0.25, 0.3) is 43.7 Å². The maximum absolute atomic E-state index is 12.8. The van der Waals surface area contributed by atoms with Crippen molar-refractivity contribution in [3.8, 4) is 11.4 Å². The van der Waals surface area contributed by atoms with Gasteiger partial charge in [0.2, 0.25) is 0 Å². The number of carbonyl (C=O) groups excluding carboxylic acids is 1. The number of aromatic nitrogens is 2. The van der Waals surface area contributed by atoms with Crippen molar-refractivity contribution in [2.75, 3.05) is 6.54 Å². The molecule has 0 saturated heterocycles. The van der Waals surface area contributed by atoms with Gasteiger partial charge in [-0.05, 0) is 93.9 Å². The number of pyridine rings is 2. The van der Waals surface area contributed by atoms with Crippen LogP contribution in [-0.2, 0) is 6.42 Å². The van der Waals surface area contributed by atoms with E-state index in [9.17, 15) is 4.79 Å². The Hall–Kier alpha value is -4.31. The summed E-state index contributed by atoms with van der Waals surface area (Å²) in [5.41, 5.74) is 4.58. The number of benzene rings is 4. The monoisotopic (exact) mass is 469 g/mol. The minimum absolute atomic E-state index is 0.0754. The van der Waals surface area contributed by atoms with Gasteiger partial charge in [0.1, 0.15) is 0 Å². The number of hydrogen-bond acceptors (Lipinski definition) is 3. The lowest BCUT2D eigenvalue weighted by atomic mass is 9.90. The topological polar surface area (TPSA) is 54.9 Å². The average molecular weight is 470 g/mol. The second-order valence-corrected chi connectivity index (χ2v) is 9.45. The average Bonchev–Trinajstić information content (AvgIpc) is 2.92. The first-order chi connectivity index (χ1) is 17.7. The summed E-state index contributed by atoms with van der Waals surface area (Å²) < 4.78 is 0. The molecule has 0 fully saturated rings. The first-order valence-corrected chi connectivity index (χ1v) is 12.5. The molecule has 0 saturated carbocycles. The summed E-state index contributed by atoms with van der Waals surface area (Å²) in [7, 11) is 0. The quantitative estimate of drug-likeness (QED) is 0.200. The SMILES string of the molecule is Cc1ccnc(-c2cc(C(=O)NCCCCc3cc4cccc5ccc6cccc3c6c54)ccn2)c1. The summed E-state index contributed by atoms with van der Waals surface area (Å²) in [6.07, 6.45) is 6.35. The van der Waals surface area contributed by atoms with E-state index < -0.39 is 0 Å².